The Morgan fingerprint density at radius 3 is 1.36 bits per heavy atom. The van der Waals surface area contributed by atoms with Crippen LogP contribution in [0.3, 0.4) is 0 Å². The van der Waals surface area contributed by atoms with Crippen molar-refractivity contribution >= 4 is 33.5 Å². The molecule has 0 aliphatic carbocycles. The number of halogens is 2. The fraction of sp³-hybridized carbons (Fsp3) is 0.143. The molecule has 3 aromatic carbocycles. The lowest BCUT2D eigenvalue weighted by Gasteiger charge is -2.02. The Labute approximate surface area is 205 Å². The van der Waals surface area contributed by atoms with Crippen molar-refractivity contribution in [3.05, 3.63) is 83.4 Å². The molecule has 0 saturated heterocycles. The van der Waals surface area contributed by atoms with Gasteiger partial charge in [-0.05, 0) is 24.3 Å². The maximum Gasteiger partial charge on any atom is 0.156 e. The smallest absolute Gasteiger partial charge is 0.156 e. The number of fused-ring (bicyclic) bond motifs is 2. The van der Waals surface area contributed by atoms with E-state index in [-0.39, 0.29) is 11.6 Å². The molecule has 0 fully saturated rings. The van der Waals surface area contributed by atoms with Gasteiger partial charge in [-0.2, -0.15) is 0 Å². The molecule has 8 heteroatoms. The van der Waals surface area contributed by atoms with Gasteiger partial charge in [0, 0.05) is 57.1 Å². The number of benzene rings is 3. The van der Waals surface area contributed by atoms with Crippen LogP contribution >= 0.6 is 0 Å². The van der Waals surface area contributed by atoms with Gasteiger partial charge in [0.15, 0.2) is 11.6 Å². The summed E-state index contributed by atoms with van der Waals surface area (Å²) >= 11 is 0. The first-order valence-corrected chi connectivity index (χ1v) is 12.0. The molecular weight excluding hydrogens is 458 g/mol. The van der Waals surface area contributed by atoms with E-state index < -0.39 is 0 Å². The highest BCUT2D eigenvalue weighted by molar-refractivity contribution is 6.04. The normalized spacial score (nSPS) is 15.3. The number of H-pyrrole nitrogens is 2. The molecule has 2 aliphatic heterocycles. The molecule has 0 bridgehead atoms. The topological polar surface area (TPSA) is 80.4 Å². The van der Waals surface area contributed by atoms with E-state index in [0.29, 0.717) is 44.3 Å². The highest BCUT2D eigenvalue weighted by Crippen LogP contribution is 2.33. The summed E-state index contributed by atoms with van der Waals surface area (Å²) in [5, 5.41) is 7.53. The summed E-state index contributed by atoms with van der Waals surface area (Å²) in [5.41, 5.74) is 5.46. The molecule has 5 aromatic rings. The number of rotatable bonds is 4. The zero-order valence-corrected chi connectivity index (χ0v) is 19.3. The van der Waals surface area contributed by atoms with Crippen LogP contribution in [0.4, 0.5) is 8.78 Å². The number of aromatic nitrogens is 2. The zero-order chi connectivity index (χ0) is 24.2. The number of aromatic amines is 2. The van der Waals surface area contributed by atoms with E-state index in [1.165, 1.54) is 0 Å². The number of aliphatic imine (C=N–C) groups is 2. The Morgan fingerprint density at radius 1 is 0.556 bits per heavy atom. The van der Waals surface area contributed by atoms with Gasteiger partial charge in [-0.1, -0.05) is 36.4 Å². The Morgan fingerprint density at radius 2 is 0.972 bits per heavy atom. The van der Waals surface area contributed by atoms with Crippen molar-refractivity contribution in [1.29, 1.82) is 0 Å². The molecule has 0 atom stereocenters. The minimum atomic E-state index is -0.307. The summed E-state index contributed by atoms with van der Waals surface area (Å²) in [7, 11) is 0. The van der Waals surface area contributed by atoms with E-state index in [2.05, 4.69) is 30.6 Å². The van der Waals surface area contributed by atoms with Crippen molar-refractivity contribution in [1.82, 2.24) is 20.6 Å². The summed E-state index contributed by atoms with van der Waals surface area (Å²) in [6, 6.07) is 18.4. The van der Waals surface area contributed by atoms with Crippen LogP contribution in [0, 0.1) is 11.6 Å². The Bertz CT molecular complexity index is 1580. The Balaban J connectivity index is 1.23. The van der Waals surface area contributed by atoms with Crippen molar-refractivity contribution in [3.8, 4) is 22.5 Å². The van der Waals surface area contributed by atoms with Crippen molar-refractivity contribution in [2.75, 3.05) is 26.2 Å². The monoisotopic (exact) mass is 480 g/mol. The molecule has 0 unspecified atom stereocenters. The molecule has 6 nitrogen and oxygen atoms in total. The predicted molar refractivity (Wildman–Crippen MR) is 140 cm³/mol. The van der Waals surface area contributed by atoms with Gasteiger partial charge >= 0.3 is 0 Å². The van der Waals surface area contributed by atoms with Gasteiger partial charge in [-0.3, -0.25) is 9.98 Å². The minimum Gasteiger partial charge on any atom is -0.368 e. The third-order valence-corrected chi connectivity index (χ3v) is 6.83. The molecule has 4 N–H and O–H groups in total. The second kappa shape index (κ2) is 8.05. The molecule has 7 rings (SSSR count). The largest absolute Gasteiger partial charge is 0.368 e. The third-order valence-electron chi connectivity index (χ3n) is 6.83. The van der Waals surface area contributed by atoms with Crippen LogP contribution in [0.5, 0.6) is 0 Å². The number of amidine groups is 2. The number of hydrogen-bond donors (Lipinski definition) is 4. The number of nitrogens with one attached hydrogen (secondary N) is 4. The summed E-state index contributed by atoms with van der Waals surface area (Å²) in [6.07, 6.45) is 0. The Hall–Kier alpha value is -4.46. The van der Waals surface area contributed by atoms with E-state index in [9.17, 15) is 0 Å². The highest BCUT2D eigenvalue weighted by Gasteiger charge is 2.18. The lowest BCUT2D eigenvalue weighted by molar-refractivity contribution is 0.642. The molecule has 2 aliphatic rings. The molecule has 0 amide bonds. The van der Waals surface area contributed by atoms with E-state index in [4.69, 9.17) is 0 Å². The van der Waals surface area contributed by atoms with Gasteiger partial charge in [0.1, 0.15) is 11.7 Å². The highest BCUT2D eigenvalue weighted by atomic mass is 19.1. The number of hydrogen-bond acceptors (Lipinski definition) is 4. The van der Waals surface area contributed by atoms with Crippen LogP contribution in [0.25, 0.3) is 44.3 Å². The van der Waals surface area contributed by atoms with Crippen LogP contribution in [0.15, 0.2) is 70.6 Å². The van der Waals surface area contributed by atoms with Crippen molar-refractivity contribution in [3.63, 3.8) is 0 Å². The van der Waals surface area contributed by atoms with Crippen LogP contribution in [-0.2, 0) is 0 Å². The van der Waals surface area contributed by atoms with Crippen LogP contribution in [-0.4, -0.2) is 47.8 Å². The molecule has 0 radical (unpaired) electrons. The zero-order valence-electron chi connectivity index (χ0n) is 19.3. The van der Waals surface area contributed by atoms with Gasteiger partial charge < -0.3 is 20.6 Å². The second-order valence-corrected chi connectivity index (χ2v) is 9.04. The third kappa shape index (κ3) is 3.29. The van der Waals surface area contributed by atoms with Crippen molar-refractivity contribution in [2.45, 2.75) is 0 Å². The standard InChI is InChI=1S/C28H22F2N6/c29-23-19-7-5-17(27-31-9-10-32-27)13-21(19)35-25(23)15-1-2-16(4-3-15)26-24(30)20-8-6-18(14-22(20)36-26)28-33-11-12-34-28/h1-8,13-14,35-36H,9-12H2,(H,31,32)(H,33,34). The maximum absolute atomic E-state index is 15.3. The van der Waals surface area contributed by atoms with Gasteiger partial charge in [0.05, 0.1) is 24.5 Å². The quantitative estimate of drug-likeness (QED) is 0.293. The van der Waals surface area contributed by atoms with Crippen LogP contribution in [0.2, 0.25) is 0 Å². The van der Waals surface area contributed by atoms with Crippen LogP contribution in [0.1, 0.15) is 11.1 Å². The average Bonchev–Trinajstić information content (AvgIpc) is 3.72. The summed E-state index contributed by atoms with van der Waals surface area (Å²) in [4.78, 5) is 15.3. The van der Waals surface area contributed by atoms with Gasteiger partial charge in [0.2, 0.25) is 0 Å². The van der Waals surface area contributed by atoms with Gasteiger partial charge in [0.25, 0.3) is 0 Å². The van der Waals surface area contributed by atoms with E-state index in [0.717, 1.165) is 49.0 Å². The van der Waals surface area contributed by atoms with Gasteiger partial charge in [-0.25, -0.2) is 8.78 Å². The molecule has 0 spiro atoms. The first kappa shape index (κ1) is 20.9. The average molecular weight is 481 g/mol. The molecule has 4 heterocycles. The lowest BCUT2D eigenvalue weighted by Crippen LogP contribution is -2.19. The fourth-order valence-corrected chi connectivity index (χ4v) is 5.01. The fourth-order valence-electron chi connectivity index (χ4n) is 5.01. The molecule has 178 valence electrons. The summed E-state index contributed by atoms with van der Waals surface area (Å²) in [6.45, 7) is 3.12. The summed E-state index contributed by atoms with van der Waals surface area (Å²) < 4.78 is 30.5. The molecule has 0 saturated carbocycles. The Kier molecular flexibility index (Phi) is 4.67. The maximum atomic E-state index is 15.3. The van der Waals surface area contributed by atoms with Crippen molar-refractivity contribution in [2.24, 2.45) is 9.98 Å². The van der Waals surface area contributed by atoms with E-state index in [1.807, 2.05) is 24.3 Å². The van der Waals surface area contributed by atoms with E-state index >= 15 is 8.78 Å². The lowest BCUT2D eigenvalue weighted by atomic mass is 10.1. The van der Waals surface area contributed by atoms with E-state index in [1.54, 1.807) is 36.4 Å². The van der Waals surface area contributed by atoms with Gasteiger partial charge in [-0.15, -0.1) is 0 Å². The first-order chi connectivity index (χ1) is 17.7. The second-order valence-electron chi connectivity index (χ2n) is 9.04. The summed E-state index contributed by atoms with van der Waals surface area (Å²) in [5.74, 6) is 1.05. The first-order valence-electron chi connectivity index (χ1n) is 12.0. The molecule has 36 heavy (non-hydrogen) atoms. The molecule has 2 aromatic heterocycles. The van der Waals surface area contributed by atoms with Crippen LogP contribution < -0.4 is 10.6 Å². The number of nitrogens with zero attached hydrogens (tertiary/aromatic N) is 2. The minimum absolute atomic E-state index is 0.307. The SMILES string of the molecule is Fc1c(-c2ccc(-c3[nH]c4cc(C5=NCCN5)ccc4c3F)cc2)[nH]c2cc(C3=NCCN3)ccc12. The van der Waals surface area contributed by atoms with Crippen molar-refractivity contribution < 1.29 is 8.78 Å². The molecular formula is C28H22F2N6. The predicted octanol–water partition coefficient (Wildman–Crippen LogP) is 4.96.